The molecule has 0 heterocycles. The molecule has 0 fully saturated rings. The molecule has 0 spiro atoms. The molecule has 4 nitrogen and oxygen atoms in total. The molecule has 2 aromatic rings. The Balaban J connectivity index is 1.99. The summed E-state index contributed by atoms with van der Waals surface area (Å²) in [5.74, 6) is -0.664. The Morgan fingerprint density at radius 3 is 2.86 bits per heavy atom. The van der Waals surface area contributed by atoms with E-state index in [1.807, 2.05) is 13.0 Å². The van der Waals surface area contributed by atoms with Crippen molar-refractivity contribution in [1.82, 2.24) is 0 Å². The number of nitrogens with two attached hydrogens (primary N) is 1. The van der Waals surface area contributed by atoms with Crippen molar-refractivity contribution in [2.24, 2.45) is 0 Å². The van der Waals surface area contributed by atoms with Crippen LogP contribution in [-0.2, 0) is 4.79 Å². The highest BCUT2D eigenvalue weighted by Gasteiger charge is 2.09. The lowest BCUT2D eigenvalue weighted by molar-refractivity contribution is -0.118. The van der Waals surface area contributed by atoms with Gasteiger partial charge in [0.25, 0.3) is 5.91 Å². The summed E-state index contributed by atoms with van der Waals surface area (Å²) in [6.07, 6.45) is 0. The van der Waals surface area contributed by atoms with Gasteiger partial charge in [-0.3, -0.25) is 4.79 Å². The van der Waals surface area contributed by atoms with Gasteiger partial charge in [-0.25, -0.2) is 4.39 Å². The standard InChI is InChI=1S/C15H14ClFN2O2/c1-9-2-4-11(16)14(6-9)21-8-15(20)19-13-7-10(18)3-5-12(13)17/h2-7H,8,18H2,1H3,(H,19,20). The number of carbonyl (C=O) groups is 1. The van der Waals surface area contributed by atoms with Crippen LogP contribution in [0.5, 0.6) is 5.75 Å². The molecule has 0 bridgehead atoms. The van der Waals surface area contributed by atoms with Gasteiger partial charge in [0.05, 0.1) is 10.7 Å². The number of hydrogen-bond donors (Lipinski definition) is 2. The fraction of sp³-hybridized carbons (Fsp3) is 0.133. The minimum Gasteiger partial charge on any atom is -0.482 e. The molecule has 2 aromatic carbocycles. The van der Waals surface area contributed by atoms with Crippen LogP contribution in [0.2, 0.25) is 5.02 Å². The topological polar surface area (TPSA) is 64.3 Å². The zero-order valence-electron chi connectivity index (χ0n) is 11.3. The molecule has 0 aliphatic carbocycles. The van der Waals surface area contributed by atoms with Crippen LogP contribution < -0.4 is 15.8 Å². The second-order valence-corrected chi connectivity index (χ2v) is 4.92. The fourth-order valence-corrected chi connectivity index (χ4v) is 1.86. The van der Waals surface area contributed by atoms with Gasteiger partial charge < -0.3 is 15.8 Å². The fourth-order valence-electron chi connectivity index (χ4n) is 1.69. The smallest absolute Gasteiger partial charge is 0.262 e. The molecule has 0 atom stereocenters. The second-order valence-electron chi connectivity index (χ2n) is 4.51. The molecule has 3 N–H and O–H groups in total. The van der Waals surface area contributed by atoms with Crippen molar-refractivity contribution in [1.29, 1.82) is 0 Å². The first-order valence-electron chi connectivity index (χ1n) is 6.19. The first kappa shape index (κ1) is 15.1. The molecule has 0 aliphatic heterocycles. The maximum Gasteiger partial charge on any atom is 0.262 e. The number of anilines is 2. The Morgan fingerprint density at radius 1 is 1.33 bits per heavy atom. The van der Waals surface area contributed by atoms with Crippen molar-refractivity contribution >= 4 is 28.9 Å². The summed E-state index contributed by atoms with van der Waals surface area (Å²) in [5, 5.41) is 2.80. The Labute approximate surface area is 126 Å². The molecular weight excluding hydrogens is 295 g/mol. The second kappa shape index (κ2) is 6.45. The summed E-state index contributed by atoms with van der Waals surface area (Å²) >= 11 is 5.95. The Bertz CT molecular complexity index is 677. The van der Waals surface area contributed by atoms with E-state index in [9.17, 15) is 9.18 Å². The molecule has 6 heteroatoms. The Morgan fingerprint density at radius 2 is 2.10 bits per heavy atom. The van der Waals surface area contributed by atoms with Gasteiger partial charge in [-0.15, -0.1) is 0 Å². The minimum atomic E-state index is -0.564. The van der Waals surface area contributed by atoms with Gasteiger partial charge in [-0.2, -0.15) is 0 Å². The summed E-state index contributed by atoms with van der Waals surface area (Å²) in [6, 6.07) is 9.17. The molecule has 0 saturated heterocycles. The molecule has 0 radical (unpaired) electrons. The number of benzene rings is 2. The average molecular weight is 309 g/mol. The monoisotopic (exact) mass is 308 g/mol. The zero-order valence-corrected chi connectivity index (χ0v) is 12.1. The number of hydrogen-bond acceptors (Lipinski definition) is 3. The van der Waals surface area contributed by atoms with E-state index >= 15 is 0 Å². The zero-order chi connectivity index (χ0) is 15.4. The largest absolute Gasteiger partial charge is 0.482 e. The summed E-state index contributed by atoms with van der Waals surface area (Å²) in [5.41, 5.74) is 6.86. The molecule has 0 saturated carbocycles. The van der Waals surface area contributed by atoms with Gasteiger partial charge in [0.2, 0.25) is 0 Å². The number of aryl methyl sites for hydroxylation is 1. The van der Waals surface area contributed by atoms with E-state index in [4.69, 9.17) is 22.1 Å². The first-order valence-corrected chi connectivity index (χ1v) is 6.57. The highest BCUT2D eigenvalue weighted by Crippen LogP contribution is 2.25. The lowest BCUT2D eigenvalue weighted by Gasteiger charge is -2.10. The highest BCUT2D eigenvalue weighted by atomic mass is 35.5. The van der Waals surface area contributed by atoms with Crippen molar-refractivity contribution in [3.63, 3.8) is 0 Å². The first-order chi connectivity index (χ1) is 9.95. The van der Waals surface area contributed by atoms with Crippen molar-refractivity contribution in [2.75, 3.05) is 17.7 Å². The van der Waals surface area contributed by atoms with E-state index < -0.39 is 11.7 Å². The SMILES string of the molecule is Cc1ccc(Cl)c(OCC(=O)Nc2cc(N)ccc2F)c1. The van der Waals surface area contributed by atoms with Crippen molar-refractivity contribution < 1.29 is 13.9 Å². The number of nitrogens with one attached hydrogen (secondary N) is 1. The minimum absolute atomic E-state index is 0.0129. The Kier molecular flexibility index (Phi) is 4.65. The summed E-state index contributed by atoms with van der Waals surface area (Å²) < 4.78 is 18.8. The van der Waals surface area contributed by atoms with E-state index in [0.717, 1.165) is 5.56 Å². The van der Waals surface area contributed by atoms with Gasteiger partial charge in [0.1, 0.15) is 11.6 Å². The van der Waals surface area contributed by atoms with Gasteiger partial charge in [0.15, 0.2) is 6.61 Å². The van der Waals surface area contributed by atoms with Crippen molar-refractivity contribution in [2.45, 2.75) is 6.92 Å². The van der Waals surface area contributed by atoms with Crippen LogP contribution in [0.15, 0.2) is 36.4 Å². The van der Waals surface area contributed by atoms with Gasteiger partial charge in [-0.1, -0.05) is 17.7 Å². The predicted octanol–water partition coefficient (Wildman–Crippen LogP) is 3.39. The number of ether oxygens (including phenoxy) is 1. The van der Waals surface area contributed by atoms with Crippen LogP contribution in [0.25, 0.3) is 0 Å². The Hall–Kier alpha value is -2.27. The molecule has 110 valence electrons. The summed E-state index contributed by atoms with van der Waals surface area (Å²) in [4.78, 5) is 11.8. The molecular formula is C15H14ClFN2O2. The van der Waals surface area contributed by atoms with E-state index in [1.165, 1.54) is 18.2 Å². The third-order valence-corrected chi connectivity index (χ3v) is 3.02. The lowest BCUT2D eigenvalue weighted by Crippen LogP contribution is -2.21. The quantitative estimate of drug-likeness (QED) is 0.851. The highest BCUT2D eigenvalue weighted by molar-refractivity contribution is 6.32. The van der Waals surface area contributed by atoms with E-state index in [-0.39, 0.29) is 12.3 Å². The number of halogens is 2. The van der Waals surface area contributed by atoms with Crippen LogP contribution in [-0.4, -0.2) is 12.5 Å². The number of rotatable bonds is 4. The lowest BCUT2D eigenvalue weighted by atomic mass is 10.2. The van der Waals surface area contributed by atoms with Crippen molar-refractivity contribution in [3.8, 4) is 5.75 Å². The third kappa shape index (κ3) is 4.10. The summed E-state index contributed by atoms with van der Waals surface area (Å²) in [7, 11) is 0. The van der Waals surface area contributed by atoms with Crippen molar-refractivity contribution in [3.05, 3.63) is 52.8 Å². The molecule has 1 amide bonds. The van der Waals surface area contributed by atoms with Crippen LogP contribution in [0.1, 0.15) is 5.56 Å². The van der Waals surface area contributed by atoms with Crippen LogP contribution >= 0.6 is 11.6 Å². The molecule has 2 rings (SSSR count). The van der Waals surface area contributed by atoms with Crippen LogP contribution in [0.4, 0.5) is 15.8 Å². The summed E-state index contributed by atoms with van der Waals surface area (Å²) in [6.45, 7) is 1.60. The molecule has 0 aromatic heterocycles. The predicted molar refractivity (Wildman–Crippen MR) is 81.1 cm³/mol. The molecule has 21 heavy (non-hydrogen) atoms. The maximum absolute atomic E-state index is 13.5. The average Bonchev–Trinajstić information content (AvgIpc) is 2.44. The van der Waals surface area contributed by atoms with Gasteiger partial charge in [-0.05, 0) is 42.8 Å². The van der Waals surface area contributed by atoms with E-state index in [2.05, 4.69) is 5.32 Å². The number of amides is 1. The van der Waals surface area contributed by atoms with E-state index in [0.29, 0.717) is 16.5 Å². The molecule has 0 aliphatic rings. The number of carbonyl (C=O) groups excluding carboxylic acids is 1. The third-order valence-electron chi connectivity index (χ3n) is 2.71. The van der Waals surface area contributed by atoms with Gasteiger partial charge in [0, 0.05) is 5.69 Å². The normalized spacial score (nSPS) is 10.2. The number of nitrogen functional groups attached to an aromatic ring is 1. The maximum atomic E-state index is 13.5. The van der Waals surface area contributed by atoms with E-state index in [1.54, 1.807) is 12.1 Å². The van der Waals surface area contributed by atoms with Crippen LogP contribution in [0, 0.1) is 12.7 Å². The van der Waals surface area contributed by atoms with Gasteiger partial charge >= 0.3 is 0 Å². The molecule has 0 unspecified atom stereocenters. The van der Waals surface area contributed by atoms with Crippen LogP contribution in [0.3, 0.4) is 0 Å².